The van der Waals surface area contributed by atoms with Crippen molar-refractivity contribution in [3.05, 3.63) is 35.4 Å². The lowest BCUT2D eigenvalue weighted by Gasteiger charge is -2.17. The summed E-state index contributed by atoms with van der Waals surface area (Å²) in [4.78, 5) is 0. The smallest absolute Gasteiger partial charge is 0.183 e. The van der Waals surface area contributed by atoms with Gasteiger partial charge in [0.1, 0.15) is 0 Å². The first-order chi connectivity index (χ1) is 6.29. The van der Waals surface area contributed by atoms with Crippen LogP contribution in [0.2, 0.25) is 0 Å². The van der Waals surface area contributed by atoms with Gasteiger partial charge in [0.2, 0.25) is 0 Å². The van der Waals surface area contributed by atoms with Gasteiger partial charge in [-0.05, 0) is 19.4 Å². The van der Waals surface area contributed by atoms with Crippen molar-refractivity contribution in [1.29, 1.82) is 0 Å². The zero-order valence-corrected chi connectivity index (χ0v) is 8.41. The number of ether oxygens (including phenoxy) is 2. The number of rotatable bonds is 4. The summed E-state index contributed by atoms with van der Waals surface area (Å²) in [6, 6.07) is 8.09. The molecule has 0 aliphatic heterocycles. The van der Waals surface area contributed by atoms with Gasteiger partial charge in [0.15, 0.2) is 6.29 Å². The van der Waals surface area contributed by atoms with Crippen LogP contribution in [0.4, 0.5) is 0 Å². The summed E-state index contributed by atoms with van der Waals surface area (Å²) >= 11 is 0. The largest absolute Gasteiger partial charge is 0.352 e. The van der Waals surface area contributed by atoms with E-state index in [2.05, 4.69) is 13.0 Å². The minimum absolute atomic E-state index is 0.230. The first-order valence-electron chi connectivity index (χ1n) is 4.49. The molecule has 1 aromatic carbocycles. The van der Waals surface area contributed by atoms with E-state index in [4.69, 9.17) is 9.47 Å². The van der Waals surface area contributed by atoms with Crippen LogP contribution >= 0.6 is 0 Å². The van der Waals surface area contributed by atoms with Crippen molar-refractivity contribution >= 4 is 0 Å². The maximum Gasteiger partial charge on any atom is 0.183 e. The molecule has 1 unspecified atom stereocenters. The lowest BCUT2D eigenvalue weighted by molar-refractivity contribution is -0.124. The highest BCUT2D eigenvalue weighted by molar-refractivity contribution is 5.26. The third kappa shape index (κ3) is 2.54. The van der Waals surface area contributed by atoms with E-state index in [1.54, 1.807) is 7.11 Å². The zero-order chi connectivity index (χ0) is 9.68. The molecule has 0 aliphatic carbocycles. The number of hydrogen-bond donors (Lipinski definition) is 0. The Kier molecular flexibility index (Phi) is 3.93. The van der Waals surface area contributed by atoms with Crippen LogP contribution in [0.3, 0.4) is 0 Å². The fourth-order valence-electron chi connectivity index (χ4n) is 1.29. The Morgan fingerprint density at radius 3 is 2.54 bits per heavy atom. The fourth-order valence-corrected chi connectivity index (χ4v) is 1.29. The van der Waals surface area contributed by atoms with E-state index in [0.29, 0.717) is 6.61 Å². The van der Waals surface area contributed by atoms with Gasteiger partial charge in [0, 0.05) is 19.3 Å². The van der Waals surface area contributed by atoms with Gasteiger partial charge in [-0.15, -0.1) is 0 Å². The van der Waals surface area contributed by atoms with Gasteiger partial charge in [0.05, 0.1) is 0 Å². The van der Waals surface area contributed by atoms with Crippen LogP contribution in [0.5, 0.6) is 0 Å². The highest BCUT2D eigenvalue weighted by Gasteiger charge is 2.11. The second kappa shape index (κ2) is 5.00. The van der Waals surface area contributed by atoms with Crippen molar-refractivity contribution in [1.82, 2.24) is 0 Å². The summed E-state index contributed by atoms with van der Waals surface area (Å²) in [5, 5.41) is 0. The second-order valence-electron chi connectivity index (χ2n) is 2.88. The Bertz CT molecular complexity index is 258. The average Bonchev–Trinajstić information content (AvgIpc) is 2.16. The lowest BCUT2D eigenvalue weighted by Crippen LogP contribution is -2.07. The lowest BCUT2D eigenvalue weighted by atomic mass is 10.1. The van der Waals surface area contributed by atoms with Gasteiger partial charge in [-0.3, -0.25) is 0 Å². The van der Waals surface area contributed by atoms with Crippen LogP contribution < -0.4 is 0 Å². The molecule has 0 fully saturated rings. The predicted octanol–water partition coefficient (Wildman–Crippen LogP) is 2.68. The first kappa shape index (κ1) is 10.2. The van der Waals surface area contributed by atoms with Crippen molar-refractivity contribution in [2.75, 3.05) is 13.7 Å². The van der Waals surface area contributed by atoms with E-state index >= 15 is 0 Å². The number of benzene rings is 1. The van der Waals surface area contributed by atoms with Crippen LogP contribution in [0, 0.1) is 6.92 Å². The van der Waals surface area contributed by atoms with E-state index in [1.165, 1.54) is 5.56 Å². The van der Waals surface area contributed by atoms with Crippen LogP contribution in [-0.2, 0) is 9.47 Å². The SMILES string of the molecule is CCOC(OC)c1ccccc1C. The number of methoxy groups -OCH3 is 1. The highest BCUT2D eigenvalue weighted by Crippen LogP contribution is 2.21. The van der Waals surface area contributed by atoms with E-state index < -0.39 is 0 Å². The van der Waals surface area contributed by atoms with Crippen molar-refractivity contribution in [3.8, 4) is 0 Å². The normalized spacial score (nSPS) is 12.8. The maximum absolute atomic E-state index is 5.44. The monoisotopic (exact) mass is 180 g/mol. The van der Waals surface area contributed by atoms with Gasteiger partial charge in [-0.2, -0.15) is 0 Å². The Balaban J connectivity index is 2.84. The molecule has 0 radical (unpaired) electrons. The van der Waals surface area contributed by atoms with Gasteiger partial charge in [-0.25, -0.2) is 0 Å². The van der Waals surface area contributed by atoms with Crippen LogP contribution in [0.25, 0.3) is 0 Å². The molecule has 0 aliphatic rings. The molecule has 1 aromatic rings. The Hall–Kier alpha value is -0.860. The van der Waals surface area contributed by atoms with Gasteiger partial charge < -0.3 is 9.47 Å². The standard InChI is InChI=1S/C11H16O2/c1-4-13-11(12-3)10-8-6-5-7-9(10)2/h5-8,11H,4H2,1-3H3. The Morgan fingerprint density at radius 2 is 2.00 bits per heavy atom. The highest BCUT2D eigenvalue weighted by atomic mass is 16.7. The summed E-state index contributed by atoms with van der Waals surface area (Å²) in [5.41, 5.74) is 2.30. The zero-order valence-electron chi connectivity index (χ0n) is 8.41. The molecule has 0 N–H and O–H groups in total. The number of aryl methyl sites for hydroxylation is 1. The first-order valence-corrected chi connectivity index (χ1v) is 4.49. The molecule has 0 bridgehead atoms. The topological polar surface area (TPSA) is 18.5 Å². The molecule has 0 aromatic heterocycles. The van der Waals surface area contributed by atoms with Gasteiger partial charge >= 0.3 is 0 Å². The minimum atomic E-state index is -0.230. The molecule has 0 amide bonds. The third-order valence-corrected chi connectivity index (χ3v) is 1.97. The summed E-state index contributed by atoms with van der Waals surface area (Å²) in [6.45, 7) is 4.68. The van der Waals surface area contributed by atoms with Crippen molar-refractivity contribution in [2.45, 2.75) is 20.1 Å². The Labute approximate surface area is 79.5 Å². The molecular formula is C11H16O2. The molecule has 72 valence electrons. The molecule has 2 nitrogen and oxygen atoms in total. The molecule has 0 spiro atoms. The minimum Gasteiger partial charge on any atom is -0.352 e. The quantitative estimate of drug-likeness (QED) is 0.663. The molecule has 0 heterocycles. The molecule has 13 heavy (non-hydrogen) atoms. The van der Waals surface area contributed by atoms with E-state index in [0.717, 1.165) is 5.56 Å². The molecular weight excluding hydrogens is 164 g/mol. The van der Waals surface area contributed by atoms with Crippen molar-refractivity contribution in [3.63, 3.8) is 0 Å². The van der Waals surface area contributed by atoms with E-state index in [1.807, 2.05) is 25.1 Å². The van der Waals surface area contributed by atoms with Crippen molar-refractivity contribution in [2.24, 2.45) is 0 Å². The summed E-state index contributed by atoms with van der Waals surface area (Å²) in [7, 11) is 1.66. The second-order valence-corrected chi connectivity index (χ2v) is 2.88. The summed E-state index contributed by atoms with van der Waals surface area (Å²) in [5.74, 6) is 0. The van der Waals surface area contributed by atoms with Crippen LogP contribution in [0.1, 0.15) is 24.3 Å². The fraction of sp³-hybridized carbons (Fsp3) is 0.455. The third-order valence-electron chi connectivity index (χ3n) is 1.97. The Morgan fingerprint density at radius 1 is 1.31 bits per heavy atom. The molecule has 2 heteroatoms. The molecule has 0 saturated heterocycles. The van der Waals surface area contributed by atoms with E-state index in [9.17, 15) is 0 Å². The summed E-state index contributed by atoms with van der Waals surface area (Å²) < 4.78 is 10.7. The number of hydrogen-bond acceptors (Lipinski definition) is 2. The molecule has 1 rings (SSSR count). The van der Waals surface area contributed by atoms with Gasteiger partial charge in [0.25, 0.3) is 0 Å². The van der Waals surface area contributed by atoms with E-state index in [-0.39, 0.29) is 6.29 Å². The predicted molar refractivity (Wildman–Crippen MR) is 52.6 cm³/mol. The van der Waals surface area contributed by atoms with Gasteiger partial charge in [-0.1, -0.05) is 24.3 Å². The van der Waals surface area contributed by atoms with Crippen LogP contribution in [0.15, 0.2) is 24.3 Å². The summed E-state index contributed by atoms with van der Waals surface area (Å²) in [6.07, 6.45) is -0.230. The average molecular weight is 180 g/mol. The molecule has 1 atom stereocenters. The van der Waals surface area contributed by atoms with Crippen LogP contribution in [-0.4, -0.2) is 13.7 Å². The molecule has 0 saturated carbocycles. The maximum atomic E-state index is 5.44. The van der Waals surface area contributed by atoms with Crippen molar-refractivity contribution < 1.29 is 9.47 Å².